The molecule has 2 aliphatic rings. The SMILES string of the molecule is C[Si](C)(OCCN1C(=O)C=CC1=O)O[Si](C)(C)OCCN1C(=O)C=CC1=O. The average molecular weight is 413 g/mol. The molecule has 0 unspecified atom stereocenters. The number of carbonyl (C=O) groups excluding carboxylic acids is 4. The fraction of sp³-hybridized carbons (Fsp3) is 0.500. The van der Waals surface area contributed by atoms with Crippen molar-refractivity contribution in [2.75, 3.05) is 26.3 Å². The topological polar surface area (TPSA) is 102 Å². The summed E-state index contributed by atoms with van der Waals surface area (Å²) in [5, 5.41) is 0. The van der Waals surface area contributed by atoms with Gasteiger partial charge in [0.15, 0.2) is 0 Å². The highest BCUT2D eigenvalue weighted by Crippen LogP contribution is 2.17. The van der Waals surface area contributed by atoms with Crippen LogP contribution in [0.5, 0.6) is 0 Å². The summed E-state index contributed by atoms with van der Waals surface area (Å²) in [6.45, 7) is 8.13. The van der Waals surface area contributed by atoms with Crippen LogP contribution in [0, 0.1) is 0 Å². The molecule has 2 rings (SSSR count). The zero-order valence-electron chi connectivity index (χ0n) is 15.9. The summed E-state index contributed by atoms with van der Waals surface area (Å²) in [6.07, 6.45) is 4.93. The second-order valence-corrected chi connectivity index (χ2v) is 13.9. The standard InChI is InChI=1S/C16H24N2O7Si2/c1-26(2,23-11-9-17-13(19)5-6-14(17)20)25-27(3,4)24-12-10-18-15(21)7-8-16(18)22/h5-8H,9-12H2,1-4H3. The van der Waals surface area contributed by atoms with Crippen molar-refractivity contribution in [1.29, 1.82) is 0 Å². The quantitative estimate of drug-likeness (QED) is 0.375. The molecule has 0 aliphatic carbocycles. The molecule has 2 heterocycles. The maximum Gasteiger partial charge on any atom is 0.323 e. The van der Waals surface area contributed by atoms with Crippen LogP contribution in [0.15, 0.2) is 24.3 Å². The number of hydrogen-bond donors (Lipinski definition) is 0. The van der Waals surface area contributed by atoms with E-state index in [1.165, 1.54) is 24.3 Å². The smallest absolute Gasteiger partial charge is 0.323 e. The van der Waals surface area contributed by atoms with Gasteiger partial charge in [-0.05, 0) is 26.2 Å². The van der Waals surface area contributed by atoms with Gasteiger partial charge in [0.1, 0.15) is 0 Å². The normalized spacial score (nSPS) is 17.8. The second kappa shape index (κ2) is 8.39. The molecule has 0 N–H and O–H groups in total. The summed E-state index contributed by atoms with van der Waals surface area (Å²) in [5.41, 5.74) is 0. The van der Waals surface area contributed by atoms with E-state index < -0.39 is 17.1 Å². The molecule has 0 spiro atoms. The van der Waals surface area contributed by atoms with Crippen molar-refractivity contribution < 1.29 is 32.1 Å². The molecule has 0 aromatic rings. The maximum atomic E-state index is 11.5. The minimum atomic E-state index is -2.56. The predicted octanol–water partition coefficient (Wildman–Crippen LogP) is 0.290. The number of nitrogens with zero attached hydrogens (tertiary/aromatic N) is 2. The average Bonchev–Trinajstić information content (AvgIpc) is 3.03. The highest BCUT2D eigenvalue weighted by molar-refractivity contribution is 6.78. The first kappa shape index (κ1) is 21.4. The van der Waals surface area contributed by atoms with Crippen molar-refractivity contribution in [2.45, 2.75) is 26.2 Å². The Hall–Kier alpha value is -1.93. The molecule has 0 aromatic carbocycles. The first-order valence-electron chi connectivity index (χ1n) is 8.56. The Morgan fingerprint density at radius 1 is 0.667 bits per heavy atom. The van der Waals surface area contributed by atoms with Gasteiger partial charge in [-0.1, -0.05) is 0 Å². The predicted molar refractivity (Wildman–Crippen MR) is 99.7 cm³/mol. The summed E-state index contributed by atoms with van der Waals surface area (Å²) < 4.78 is 17.7. The third-order valence-corrected chi connectivity index (χ3v) is 9.55. The summed E-state index contributed by atoms with van der Waals surface area (Å²) in [5.74, 6) is -1.38. The van der Waals surface area contributed by atoms with Crippen LogP contribution in [0.2, 0.25) is 26.2 Å². The van der Waals surface area contributed by atoms with E-state index >= 15 is 0 Å². The zero-order chi connectivity index (χ0) is 20.2. The van der Waals surface area contributed by atoms with Crippen LogP contribution < -0.4 is 0 Å². The van der Waals surface area contributed by atoms with Crippen LogP contribution in [0.4, 0.5) is 0 Å². The van der Waals surface area contributed by atoms with Gasteiger partial charge in [-0.2, -0.15) is 0 Å². The Kier molecular flexibility index (Phi) is 6.65. The number of amides is 4. The summed E-state index contributed by atoms with van der Waals surface area (Å²) >= 11 is 0. The molecule has 0 radical (unpaired) electrons. The molecule has 0 saturated carbocycles. The van der Waals surface area contributed by atoms with Crippen molar-refractivity contribution in [3.8, 4) is 0 Å². The lowest BCUT2D eigenvalue weighted by molar-refractivity contribution is -0.138. The number of carbonyl (C=O) groups is 4. The number of imide groups is 2. The van der Waals surface area contributed by atoms with E-state index in [9.17, 15) is 19.2 Å². The highest BCUT2D eigenvalue weighted by Gasteiger charge is 2.37. The first-order chi connectivity index (χ1) is 12.5. The van der Waals surface area contributed by atoms with Crippen LogP contribution in [0.25, 0.3) is 0 Å². The largest absolute Gasteiger partial charge is 0.415 e. The van der Waals surface area contributed by atoms with E-state index in [0.29, 0.717) is 0 Å². The molecule has 2 aliphatic heterocycles. The number of hydrogen-bond acceptors (Lipinski definition) is 7. The molecule has 0 aromatic heterocycles. The van der Waals surface area contributed by atoms with E-state index in [2.05, 4.69) is 0 Å². The van der Waals surface area contributed by atoms with E-state index in [0.717, 1.165) is 9.80 Å². The van der Waals surface area contributed by atoms with Crippen molar-refractivity contribution in [3.63, 3.8) is 0 Å². The monoisotopic (exact) mass is 412 g/mol. The van der Waals surface area contributed by atoms with Gasteiger partial charge in [0, 0.05) is 24.3 Å². The fourth-order valence-electron chi connectivity index (χ4n) is 2.72. The van der Waals surface area contributed by atoms with E-state index in [-0.39, 0.29) is 49.9 Å². The molecule has 0 bridgehead atoms. The molecular formula is C16H24N2O7Si2. The molecule has 148 valence electrons. The molecule has 11 heteroatoms. The molecule has 0 saturated heterocycles. The van der Waals surface area contributed by atoms with E-state index in [1.807, 2.05) is 26.2 Å². The lowest BCUT2D eigenvalue weighted by atomic mass is 10.5. The van der Waals surface area contributed by atoms with E-state index in [1.54, 1.807) is 0 Å². The molecule has 9 nitrogen and oxygen atoms in total. The van der Waals surface area contributed by atoms with Gasteiger partial charge in [0.05, 0.1) is 26.3 Å². The highest BCUT2D eigenvalue weighted by atomic mass is 28.5. The van der Waals surface area contributed by atoms with Gasteiger partial charge >= 0.3 is 17.1 Å². The Morgan fingerprint density at radius 2 is 0.963 bits per heavy atom. The van der Waals surface area contributed by atoms with Crippen LogP contribution in [0.3, 0.4) is 0 Å². The fourth-order valence-corrected chi connectivity index (χ4v) is 9.09. The summed E-state index contributed by atoms with van der Waals surface area (Å²) in [4.78, 5) is 48.3. The lowest BCUT2D eigenvalue weighted by Gasteiger charge is -2.33. The second-order valence-electron chi connectivity index (χ2n) is 6.92. The van der Waals surface area contributed by atoms with Gasteiger partial charge < -0.3 is 13.0 Å². The molecule has 0 atom stereocenters. The molecule has 0 fully saturated rings. The Labute approximate surface area is 160 Å². The van der Waals surface area contributed by atoms with Crippen molar-refractivity contribution in [3.05, 3.63) is 24.3 Å². The van der Waals surface area contributed by atoms with Crippen molar-refractivity contribution >= 4 is 40.8 Å². The summed E-state index contributed by atoms with van der Waals surface area (Å²) in [6, 6.07) is 0. The van der Waals surface area contributed by atoms with Crippen LogP contribution >= 0.6 is 0 Å². The molecule has 27 heavy (non-hydrogen) atoms. The Bertz CT molecular complexity index is 609. The van der Waals surface area contributed by atoms with Gasteiger partial charge in [-0.15, -0.1) is 0 Å². The van der Waals surface area contributed by atoms with Gasteiger partial charge in [-0.3, -0.25) is 29.0 Å². The van der Waals surface area contributed by atoms with Crippen LogP contribution in [0.1, 0.15) is 0 Å². The first-order valence-corrected chi connectivity index (χ1v) is 14.2. The minimum Gasteiger partial charge on any atom is -0.415 e. The van der Waals surface area contributed by atoms with Crippen molar-refractivity contribution in [2.24, 2.45) is 0 Å². The van der Waals surface area contributed by atoms with Gasteiger partial charge in [0.2, 0.25) is 0 Å². The minimum absolute atomic E-state index is 0.166. The maximum absolute atomic E-state index is 11.5. The molecule has 4 amide bonds. The third kappa shape index (κ3) is 6.04. The van der Waals surface area contributed by atoms with Gasteiger partial charge in [0.25, 0.3) is 23.6 Å². The van der Waals surface area contributed by atoms with Crippen molar-refractivity contribution in [1.82, 2.24) is 9.80 Å². The Balaban J connectivity index is 1.73. The van der Waals surface area contributed by atoms with E-state index in [4.69, 9.17) is 13.0 Å². The van der Waals surface area contributed by atoms with Crippen LogP contribution in [-0.2, 0) is 32.1 Å². The number of rotatable bonds is 10. The molecular weight excluding hydrogens is 388 g/mol. The third-order valence-electron chi connectivity index (χ3n) is 3.82. The van der Waals surface area contributed by atoms with Gasteiger partial charge in [-0.25, -0.2) is 0 Å². The Morgan fingerprint density at radius 3 is 1.26 bits per heavy atom. The summed E-state index contributed by atoms with van der Waals surface area (Å²) in [7, 11) is -5.11. The van der Waals surface area contributed by atoms with Crippen LogP contribution in [-0.4, -0.2) is 76.9 Å². The lowest BCUT2D eigenvalue weighted by Crippen LogP contribution is -2.50. The zero-order valence-corrected chi connectivity index (χ0v) is 17.9.